The minimum atomic E-state index is 0.0642. The van der Waals surface area contributed by atoms with Crippen molar-refractivity contribution >= 4 is 11.8 Å². The van der Waals surface area contributed by atoms with E-state index in [9.17, 15) is 9.59 Å². The molecule has 0 saturated carbocycles. The van der Waals surface area contributed by atoms with Gasteiger partial charge < -0.3 is 9.80 Å². The molecule has 2 aliphatic heterocycles. The molecule has 1 atom stereocenters. The average molecular weight is 440 g/mol. The van der Waals surface area contributed by atoms with Crippen LogP contribution in [0.25, 0.3) is 0 Å². The summed E-state index contributed by atoms with van der Waals surface area (Å²) in [6.45, 7) is 7.67. The van der Waals surface area contributed by atoms with Crippen LogP contribution < -0.4 is 0 Å². The van der Waals surface area contributed by atoms with Crippen molar-refractivity contribution in [3.05, 3.63) is 47.3 Å². The molecular formula is C24H33N5O3. The lowest BCUT2D eigenvalue weighted by Gasteiger charge is -2.36. The van der Waals surface area contributed by atoms with Crippen LogP contribution in [-0.2, 0) is 22.6 Å². The molecule has 2 fully saturated rings. The molecule has 32 heavy (non-hydrogen) atoms. The number of aromatic nitrogens is 2. The lowest BCUT2D eigenvalue weighted by molar-refractivity contribution is -0.133. The molecule has 4 rings (SSSR count). The Bertz CT molecular complexity index is 892. The van der Waals surface area contributed by atoms with Gasteiger partial charge in [0.1, 0.15) is 11.4 Å². The van der Waals surface area contributed by atoms with Gasteiger partial charge in [0.05, 0.1) is 6.42 Å². The van der Waals surface area contributed by atoms with Crippen molar-refractivity contribution in [3.8, 4) is 0 Å². The Hall–Kier alpha value is -2.74. The maximum absolute atomic E-state index is 12.8. The maximum atomic E-state index is 12.8. The Morgan fingerprint density at radius 3 is 2.50 bits per heavy atom. The largest absolute Gasteiger partial charge is 0.342 e. The van der Waals surface area contributed by atoms with Crippen molar-refractivity contribution in [2.45, 2.75) is 45.6 Å². The summed E-state index contributed by atoms with van der Waals surface area (Å²) < 4.78 is 4.70. The predicted molar refractivity (Wildman–Crippen MR) is 120 cm³/mol. The molecule has 0 N–H and O–H groups in total. The number of carbonyl (C=O) groups is 2. The SMILES string of the molecule is Cc1nonc1CC(=O)N1CCCC(CCC(=O)N2CCN(Cc3ccccc3)CC2)C1. The summed E-state index contributed by atoms with van der Waals surface area (Å²) in [6, 6.07) is 10.5. The van der Waals surface area contributed by atoms with Crippen LogP contribution in [-0.4, -0.2) is 76.1 Å². The number of benzene rings is 1. The van der Waals surface area contributed by atoms with Crippen molar-refractivity contribution in [3.63, 3.8) is 0 Å². The van der Waals surface area contributed by atoms with E-state index in [2.05, 4.69) is 39.5 Å². The van der Waals surface area contributed by atoms with Gasteiger partial charge in [-0.1, -0.05) is 40.6 Å². The quantitative estimate of drug-likeness (QED) is 0.658. The van der Waals surface area contributed by atoms with Crippen LogP contribution in [0.2, 0.25) is 0 Å². The third-order valence-corrected chi connectivity index (χ3v) is 6.68. The smallest absolute Gasteiger partial charge is 0.228 e. The van der Waals surface area contributed by atoms with Gasteiger partial charge in [0, 0.05) is 52.2 Å². The molecule has 1 unspecified atom stereocenters. The monoisotopic (exact) mass is 439 g/mol. The molecule has 8 nitrogen and oxygen atoms in total. The van der Waals surface area contributed by atoms with E-state index in [1.807, 2.05) is 15.9 Å². The second kappa shape index (κ2) is 10.7. The van der Waals surface area contributed by atoms with Gasteiger partial charge >= 0.3 is 0 Å². The van der Waals surface area contributed by atoms with Gasteiger partial charge in [-0.25, -0.2) is 4.63 Å². The lowest BCUT2D eigenvalue weighted by atomic mass is 9.92. The zero-order valence-corrected chi connectivity index (χ0v) is 18.9. The van der Waals surface area contributed by atoms with Crippen LogP contribution in [0.5, 0.6) is 0 Å². The number of piperazine rings is 1. The zero-order valence-electron chi connectivity index (χ0n) is 18.9. The molecule has 0 radical (unpaired) electrons. The second-order valence-corrected chi connectivity index (χ2v) is 9.00. The molecule has 2 amide bonds. The summed E-state index contributed by atoms with van der Waals surface area (Å²) in [6.07, 6.45) is 3.70. The normalized spacial score (nSPS) is 19.8. The maximum Gasteiger partial charge on any atom is 0.228 e. The van der Waals surface area contributed by atoms with E-state index in [0.717, 1.165) is 65.1 Å². The summed E-state index contributed by atoms with van der Waals surface area (Å²) in [7, 11) is 0. The Morgan fingerprint density at radius 2 is 1.78 bits per heavy atom. The molecule has 8 heteroatoms. The first-order chi connectivity index (χ1) is 15.6. The topological polar surface area (TPSA) is 82.8 Å². The van der Waals surface area contributed by atoms with Crippen molar-refractivity contribution in [1.29, 1.82) is 0 Å². The second-order valence-electron chi connectivity index (χ2n) is 9.00. The Morgan fingerprint density at radius 1 is 1.00 bits per heavy atom. The Labute approximate surface area is 189 Å². The number of likely N-dealkylation sites (tertiary alicyclic amines) is 1. The highest BCUT2D eigenvalue weighted by molar-refractivity contribution is 5.78. The standard InChI is InChI=1S/C24H33N5O3/c1-19-22(26-32-25-19)16-24(31)29-11-5-8-21(18-29)9-10-23(30)28-14-12-27(13-15-28)17-20-6-3-2-4-7-20/h2-4,6-7,21H,5,8-18H2,1H3. The number of aryl methyl sites for hydroxylation is 1. The number of nitrogens with zero attached hydrogens (tertiary/aromatic N) is 5. The molecule has 0 aliphatic carbocycles. The fourth-order valence-electron chi connectivity index (χ4n) is 4.67. The molecule has 0 spiro atoms. The van der Waals surface area contributed by atoms with Gasteiger partial charge in [0.15, 0.2) is 0 Å². The summed E-state index contributed by atoms with van der Waals surface area (Å²) >= 11 is 0. The summed E-state index contributed by atoms with van der Waals surface area (Å²) in [5.41, 5.74) is 2.60. The van der Waals surface area contributed by atoms with Gasteiger partial charge in [0.25, 0.3) is 0 Å². The number of hydrogen-bond acceptors (Lipinski definition) is 6. The molecule has 3 heterocycles. The fourth-order valence-corrected chi connectivity index (χ4v) is 4.67. The van der Waals surface area contributed by atoms with E-state index in [1.54, 1.807) is 6.92 Å². The molecular weight excluding hydrogens is 406 g/mol. The lowest BCUT2D eigenvalue weighted by Crippen LogP contribution is -2.48. The van der Waals surface area contributed by atoms with E-state index >= 15 is 0 Å². The first-order valence-electron chi connectivity index (χ1n) is 11.7. The van der Waals surface area contributed by atoms with Gasteiger partial charge in [-0.3, -0.25) is 14.5 Å². The third-order valence-electron chi connectivity index (χ3n) is 6.68. The van der Waals surface area contributed by atoms with E-state index in [1.165, 1.54) is 5.56 Å². The van der Waals surface area contributed by atoms with Gasteiger partial charge in [-0.05, 0) is 37.7 Å². The van der Waals surface area contributed by atoms with E-state index in [0.29, 0.717) is 23.7 Å². The molecule has 1 aromatic heterocycles. The number of hydrogen-bond donors (Lipinski definition) is 0. The Kier molecular flexibility index (Phi) is 7.52. The van der Waals surface area contributed by atoms with Crippen LogP contribution in [0.15, 0.2) is 35.0 Å². The van der Waals surface area contributed by atoms with Crippen LogP contribution in [0.4, 0.5) is 0 Å². The highest BCUT2D eigenvalue weighted by atomic mass is 16.6. The molecule has 0 bridgehead atoms. The third kappa shape index (κ3) is 5.94. The predicted octanol–water partition coefficient (Wildman–Crippen LogP) is 2.28. The number of carbonyl (C=O) groups excluding carboxylic acids is 2. The van der Waals surface area contributed by atoms with E-state index in [-0.39, 0.29) is 18.2 Å². The van der Waals surface area contributed by atoms with Gasteiger partial charge in [-0.15, -0.1) is 0 Å². The van der Waals surface area contributed by atoms with Crippen molar-refractivity contribution < 1.29 is 14.2 Å². The van der Waals surface area contributed by atoms with E-state index in [4.69, 9.17) is 4.63 Å². The van der Waals surface area contributed by atoms with Crippen molar-refractivity contribution in [1.82, 2.24) is 25.0 Å². The molecule has 172 valence electrons. The van der Waals surface area contributed by atoms with Crippen molar-refractivity contribution in [2.75, 3.05) is 39.3 Å². The first-order valence-corrected chi connectivity index (χ1v) is 11.7. The van der Waals surface area contributed by atoms with Crippen molar-refractivity contribution in [2.24, 2.45) is 5.92 Å². The minimum Gasteiger partial charge on any atom is -0.342 e. The first kappa shape index (κ1) is 22.5. The van der Waals surface area contributed by atoms with E-state index < -0.39 is 0 Å². The molecule has 1 aromatic carbocycles. The fraction of sp³-hybridized carbons (Fsp3) is 0.583. The molecule has 2 saturated heterocycles. The summed E-state index contributed by atoms with van der Waals surface area (Å²) in [5, 5.41) is 7.57. The molecule has 2 aromatic rings. The van der Waals surface area contributed by atoms with Crippen LogP contribution in [0.1, 0.15) is 42.6 Å². The minimum absolute atomic E-state index is 0.0642. The molecule has 2 aliphatic rings. The Balaban J connectivity index is 1.18. The number of amides is 2. The highest BCUT2D eigenvalue weighted by Crippen LogP contribution is 2.22. The van der Waals surface area contributed by atoms with Crippen LogP contribution in [0, 0.1) is 12.8 Å². The zero-order chi connectivity index (χ0) is 22.3. The summed E-state index contributed by atoms with van der Waals surface area (Å²) in [4.78, 5) is 31.8. The van der Waals surface area contributed by atoms with Crippen LogP contribution in [0.3, 0.4) is 0 Å². The van der Waals surface area contributed by atoms with Gasteiger partial charge in [0.2, 0.25) is 11.8 Å². The number of rotatable bonds is 7. The van der Waals surface area contributed by atoms with Gasteiger partial charge in [-0.2, -0.15) is 0 Å². The average Bonchev–Trinajstić information content (AvgIpc) is 3.23. The summed E-state index contributed by atoms with van der Waals surface area (Å²) in [5.74, 6) is 0.694. The highest BCUT2D eigenvalue weighted by Gasteiger charge is 2.27. The van der Waals surface area contributed by atoms with Crippen LogP contribution >= 0.6 is 0 Å². The number of piperidine rings is 1.